The van der Waals surface area contributed by atoms with Crippen LogP contribution in [-0.4, -0.2) is 34.6 Å². The number of nitrogens with zero attached hydrogens (tertiary/aromatic N) is 2. The van der Waals surface area contributed by atoms with Gasteiger partial charge in [0.05, 0.1) is 24.5 Å². The topological polar surface area (TPSA) is 67.5 Å². The summed E-state index contributed by atoms with van der Waals surface area (Å²) in [5.41, 5.74) is 2.98. The zero-order valence-electron chi connectivity index (χ0n) is 18.2. The van der Waals surface area contributed by atoms with Crippen molar-refractivity contribution in [2.24, 2.45) is 0 Å². The van der Waals surface area contributed by atoms with Gasteiger partial charge in [0.1, 0.15) is 17.3 Å². The molecule has 0 radical (unpaired) electrons. The second-order valence-electron chi connectivity index (χ2n) is 8.31. The summed E-state index contributed by atoms with van der Waals surface area (Å²) < 4.78 is 11.5. The summed E-state index contributed by atoms with van der Waals surface area (Å²) in [6.45, 7) is 7.47. The highest BCUT2D eigenvalue weighted by Gasteiger charge is 2.25. The molecule has 2 heterocycles. The molecule has 6 nitrogen and oxygen atoms in total. The number of hydrogen-bond donors (Lipinski definition) is 1. The molecule has 30 heavy (non-hydrogen) atoms. The first-order chi connectivity index (χ1) is 14.7. The molecule has 1 aliphatic heterocycles. The molecule has 1 N–H and O–H groups in total. The van der Waals surface area contributed by atoms with Gasteiger partial charge >= 0.3 is 0 Å². The van der Waals surface area contributed by atoms with E-state index in [2.05, 4.69) is 16.0 Å². The van der Waals surface area contributed by atoms with Crippen LogP contribution in [0.4, 0.5) is 0 Å². The first-order valence-corrected chi connectivity index (χ1v) is 11.4. The normalized spacial score (nSPS) is 17.5. The summed E-state index contributed by atoms with van der Waals surface area (Å²) in [5, 5.41) is 0. The fourth-order valence-electron chi connectivity index (χ4n) is 4.66. The zero-order chi connectivity index (χ0) is 20.9. The minimum absolute atomic E-state index is 0.0435. The highest BCUT2D eigenvalue weighted by Crippen LogP contribution is 2.31. The van der Waals surface area contributed by atoms with Crippen LogP contribution in [0, 0.1) is 0 Å². The molecule has 1 saturated carbocycles. The van der Waals surface area contributed by atoms with Gasteiger partial charge in [-0.1, -0.05) is 25.3 Å². The molecule has 1 aliphatic carbocycles. The van der Waals surface area contributed by atoms with E-state index in [-0.39, 0.29) is 5.56 Å². The van der Waals surface area contributed by atoms with E-state index < -0.39 is 0 Å². The third-order valence-corrected chi connectivity index (χ3v) is 6.20. The number of nitrogens with one attached hydrogen (secondary N) is 1. The van der Waals surface area contributed by atoms with Gasteiger partial charge in [-0.15, -0.1) is 0 Å². The number of aromatic amines is 1. The number of rotatable bonds is 7. The van der Waals surface area contributed by atoms with Gasteiger partial charge in [-0.05, 0) is 32.8 Å². The van der Waals surface area contributed by atoms with Gasteiger partial charge in [0.25, 0.3) is 5.56 Å². The Bertz CT molecular complexity index is 918. The maximum atomic E-state index is 12.8. The molecule has 1 fully saturated rings. The van der Waals surface area contributed by atoms with Crippen LogP contribution in [-0.2, 0) is 19.5 Å². The number of benzene rings is 1. The summed E-state index contributed by atoms with van der Waals surface area (Å²) in [6, 6.07) is 6.02. The van der Waals surface area contributed by atoms with Crippen LogP contribution >= 0.6 is 0 Å². The van der Waals surface area contributed by atoms with Crippen molar-refractivity contribution in [1.82, 2.24) is 14.9 Å². The van der Waals surface area contributed by atoms with Crippen LogP contribution in [0.5, 0.6) is 11.5 Å². The quantitative estimate of drug-likeness (QED) is 0.741. The lowest BCUT2D eigenvalue weighted by Crippen LogP contribution is -2.36. The van der Waals surface area contributed by atoms with Crippen molar-refractivity contribution in [1.29, 1.82) is 0 Å². The second kappa shape index (κ2) is 9.65. The maximum Gasteiger partial charge on any atom is 0.255 e. The van der Waals surface area contributed by atoms with E-state index in [1.165, 1.54) is 19.3 Å². The van der Waals surface area contributed by atoms with Crippen LogP contribution in [0.25, 0.3) is 0 Å². The lowest BCUT2D eigenvalue weighted by atomic mass is 9.88. The van der Waals surface area contributed by atoms with E-state index in [0.29, 0.717) is 25.7 Å². The zero-order valence-corrected chi connectivity index (χ0v) is 18.2. The van der Waals surface area contributed by atoms with E-state index in [9.17, 15) is 4.79 Å². The standard InChI is InChI=1S/C24H33N3O3/c1-3-29-19-11-10-18(22(14-19)30-4-2)15-27-13-12-21-20(16-27)24(28)26-23(25-21)17-8-6-5-7-9-17/h10-11,14,17H,3-9,12-13,15-16H2,1-2H3,(H,25,26,28). The third kappa shape index (κ3) is 4.69. The predicted molar refractivity (Wildman–Crippen MR) is 117 cm³/mol. The number of hydrogen-bond acceptors (Lipinski definition) is 5. The maximum absolute atomic E-state index is 12.8. The lowest BCUT2D eigenvalue weighted by molar-refractivity contribution is 0.234. The molecule has 6 heteroatoms. The molecular weight excluding hydrogens is 378 g/mol. The fourth-order valence-corrected chi connectivity index (χ4v) is 4.66. The number of H-pyrrole nitrogens is 1. The summed E-state index contributed by atoms with van der Waals surface area (Å²) in [7, 11) is 0. The van der Waals surface area contributed by atoms with Crippen LogP contribution in [0.2, 0.25) is 0 Å². The first kappa shape index (κ1) is 20.9. The Kier molecular flexibility index (Phi) is 6.72. The second-order valence-corrected chi connectivity index (χ2v) is 8.31. The Morgan fingerprint density at radius 1 is 1.13 bits per heavy atom. The Hall–Kier alpha value is -2.34. The molecule has 4 rings (SSSR count). The fraction of sp³-hybridized carbons (Fsp3) is 0.583. The van der Waals surface area contributed by atoms with Gasteiger partial charge < -0.3 is 14.5 Å². The molecule has 1 aromatic heterocycles. The van der Waals surface area contributed by atoms with Crippen molar-refractivity contribution in [3.8, 4) is 11.5 Å². The van der Waals surface area contributed by atoms with Crippen LogP contribution in [0.3, 0.4) is 0 Å². The van der Waals surface area contributed by atoms with Crippen LogP contribution in [0.1, 0.15) is 74.5 Å². The van der Waals surface area contributed by atoms with E-state index in [0.717, 1.165) is 66.5 Å². The summed E-state index contributed by atoms with van der Waals surface area (Å²) in [4.78, 5) is 23.2. The third-order valence-electron chi connectivity index (χ3n) is 6.20. The van der Waals surface area contributed by atoms with Gasteiger partial charge in [0.2, 0.25) is 0 Å². The SMILES string of the molecule is CCOc1ccc(CN2CCc3nc(C4CCCCC4)[nH]c(=O)c3C2)c(OCC)c1. The van der Waals surface area contributed by atoms with Gasteiger partial charge in [-0.2, -0.15) is 0 Å². The summed E-state index contributed by atoms with van der Waals surface area (Å²) in [5.74, 6) is 3.02. The number of fused-ring (bicyclic) bond motifs is 1. The van der Waals surface area contributed by atoms with Crippen molar-refractivity contribution in [2.75, 3.05) is 19.8 Å². The molecule has 0 bridgehead atoms. The van der Waals surface area contributed by atoms with E-state index in [4.69, 9.17) is 14.5 Å². The molecule has 2 aliphatic rings. The smallest absolute Gasteiger partial charge is 0.255 e. The van der Waals surface area contributed by atoms with Gasteiger partial charge in [-0.3, -0.25) is 9.69 Å². The molecule has 0 saturated heterocycles. The van der Waals surface area contributed by atoms with Crippen molar-refractivity contribution in [3.63, 3.8) is 0 Å². The lowest BCUT2D eigenvalue weighted by Gasteiger charge is -2.29. The molecule has 0 atom stereocenters. The van der Waals surface area contributed by atoms with Gasteiger partial charge in [0.15, 0.2) is 0 Å². The predicted octanol–water partition coefficient (Wildman–Crippen LogP) is 4.17. The minimum Gasteiger partial charge on any atom is -0.494 e. The molecule has 0 unspecified atom stereocenters. The van der Waals surface area contributed by atoms with Gasteiger partial charge in [0, 0.05) is 43.6 Å². The van der Waals surface area contributed by atoms with Crippen LogP contribution < -0.4 is 15.0 Å². The van der Waals surface area contributed by atoms with E-state index in [1.54, 1.807) is 0 Å². The molecular formula is C24H33N3O3. The van der Waals surface area contributed by atoms with Crippen molar-refractivity contribution in [2.45, 2.75) is 71.4 Å². The Balaban J connectivity index is 1.50. The average molecular weight is 412 g/mol. The molecule has 0 amide bonds. The highest BCUT2D eigenvalue weighted by molar-refractivity contribution is 5.41. The molecule has 0 spiro atoms. The van der Waals surface area contributed by atoms with Crippen LogP contribution in [0.15, 0.2) is 23.0 Å². The van der Waals surface area contributed by atoms with Crippen molar-refractivity contribution >= 4 is 0 Å². The number of aromatic nitrogens is 2. The monoisotopic (exact) mass is 411 g/mol. The number of ether oxygens (including phenoxy) is 2. The largest absolute Gasteiger partial charge is 0.494 e. The summed E-state index contributed by atoms with van der Waals surface area (Å²) in [6.07, 6.45) is 6.89. The minimum atomic E-state index is 0.0435. The van der Waals surface area contributed by atoms with E-state index in [1.807, 2.05) is 26.0 Å². The molecule has 1 aromatic carbocycles. The first-order valence-electron chi connectivity index (χ1n) is 11.4. The summed E-state index contributed by atoms with van der Waals surface area (Å²) >= 11 is 0. The highest BCUT2D eigenvalue weighted by atomic mass is 16.5. The Morgan fingerprint density at radius 3 is 2.70 bits per heavy atom. The van der Waals surface area contributed by atoms with Crippen molar-refractivity contribution < 1.29 is 9.47 Å². The molecule has 162 valence electrons. The van der Waals surface area contributed by atoms with Gasteiger partial charge in [-0.25, -0.2) is 4.98 Å². The van der Waals surface area contributed by atoms with E-state index >= 15 is 0 Å². The van der Waals surface area contributed by atoms with Crippen molar-refractivity contribution in [3.05, 3.63) is 51.2 Å². The molecule has 2 aromatic rings. The Morgan fingerprint density at radius 2 is 1.93 bits per heavy atom. The average Bonchev–Trinajstić information content (AvgIpc) is 2.77. The Labute approximate surface area is 178 Å².